The van der Waals surface area contributed by atoms with Gasteiger partial charge in [-0.3, -0.25) is 4.79 Å². The Hall–Kier alpha value is -5.76. The second kappa shape index (κ2) is 20.0. The third kappa shape index (κ3) is 12.9. The fourth-order valence-corrected chi connectivity index (χ4v) is 5.99. The lowest BCUT2D eigenvalue weighted by atomic mass is 9.90. The molecule has 2 heterocycles. The number of aryl methyl sites for hydroxylation is 2. The second-order valence-corrected chi connectivity index (χ2v) is 15.8. The molecule has 0 saturated carbocycles. The Bertz CT molecular complexity index is 2090. The molecule has 4 aromatic carbocycles. The molecule has 3 unspecified atom stereocenters. The van der Waals surface area contributed by atoms with Crippen LogP contribution in [0.25, 0.3) is 0 Å². The van der Waals surface area contributed by atoms with E-state index >= 15 is 0 Å². The molecule has 6 rings (SSSR count). The van der Waals surface area contributed by atoms with Crippen LogP contribution >= 0.6 is 0 Å². The first-order valence-electron chi connectivity index (χ1n) is 20.1. The summed E-state index contributed by atoms with van der Waals surface area (Å²) in [6.07, 6.45) is 1.23. The normalized spacial score (nSPS) is 17.3. The lowest BCUT2D eigenvalue weighted by Gasteiger charge is -2.38. The Balaban J connectivity index is 0.881. The highest BCUT2D eigenvalue weighted by Crippen LogP contribution is 2.29. The van der Waals surface area contributed by atoms with Crippen LogP contribution < -0.4 is 18.9 Å². The lowest BCUT2D eigenvalue weighted by molar-refractivity contribution is -0.179. The number of carbonyl (C=O) groups is 4. The summed E-state index contributed by atoms with van der Waals surface area (Å²) < 4.78 is 50.3. The molecule has 13 nitrogen and oxygen atoms in total. The molecule has 2 fully saturated rings. The van der Waals surface area contributed by atoms with E-state index in [2.05, 4.69) is 13.8 Å². The van der Waals surface area contributed by atoms with E-state index in [4.69, 9.17) is 42.6 Å². The monoisotopic (exact) mass is 824 g/mol. The van der Waals surface area contributed by atoms with Gasteiger partial charge in [0.2, 0.25) is 0 Å². The van der Waals surface area contributed by atoms with Gasteiger partial charge in [0.25, 0.3) is 0 Å². The molecule has 2 aliphatic heterocycles. The molecule has 0 aromatic heterocycles. The van der Waals surface area contributed by atoms with Crippen molar-refractivity contribution in [2.45, 2.75) is 78.3 Å². The second-order valence-electron chi connectivity index (χ2n) is 15.8. The van der Waals surface area contributed by atoms with Crippen LogP contribution in [-0.2, 0) is 34.9 Å². The maximum absolute atomic E-state index is 12.9. The number of esters is 4. The number of ether oxygens (including phenoxy) is 9. The van der Waals surface area contributed by atoms with Gasteiger partial charge in [0, 0.05) is 18.3 Å². The molecule has 2 saturated heterocycles. The van der Waals surface area contributed by atoms with Crippen molar-refractivity contribution in [2.24, 2.45) is 5.41 Å². The van der Waals surface area contributed by atoms with Crippen molar-refractivity contribution in [2.75, 3.05) is 39.6 Å². The van der Waals surface area contributed by atoms with E-state index in [1.807, 2.05) is 31.2 Å². The quantitative estimate of drug-likeness (QED) is 0.0347. The molecule has 13 heteroatoms. The molecule has 318 valence electrons. The number of hydrogen-bond acceptors (Lipinski definition) is 13. The van der Waals surface area contributed by atoms with Crippen molar-refractivity contribution >= 4 is 23.9 Å². The summed E-state index contributed by atoms with van der Waals surface area (Å²) >= 11 is 0. The lowest BCUT2D eigenvalue weighted by Crippen LogP contribution is -2.44. The maximum Gasteiger partial charge on any atom is 0.343 e. The molecule has 0 N–H and O–H groups in total. The van der Waals surface area contributed by atoms with Crippen molar-refractivity contribution in [1.82, 2.24) is 0 Å². The Morgan fingerprint density at radius 2 is 1.37 bits per heavy atom. The number of hydrogen-bond donors (Lipinski definition) is 0. The minimum absolute atomic E-state index is 0.0399. The summed E-state index contributed by atoms with van der Waals surface area (Å²) in [5.41, 5.74) is 2.11. The van der Waals surface area contributed by atoms with Crippen molar-refractivity contribution in [3.05, 3.63) is 119 Å². The smallest absolute Gasteiger partial charge is 0.343 e. The van der Waals surface area contributed by atoms with Gasteiger partial charge in [0.05, 0.1) is 43.1 Å². The van der Waals surface area contributed by atoms with Gasteiger partial charge < -0.3 is 42.6 Å². The Kier molecular flexibility index (Phi) is 14.6. The van der Waals surface area contributed by atoms with Crippen LogP contribution in [0.1, 0.15) is 89.2 Å². The average molecular weight is 825 g/mol. The zero-order valence-electron chi connectivity index (χ0n) is 34.7. The van der Waals surface area contributed by atoms with Crippen LogP contribution in [-0.4, -0.2) is 81.5 Å². The van der Waals surface area contributed by atoms with Crippen LogP contribution in [0.3, 0.4) is 0 Å². The number of rotatable bonds is 21. The van der Waals surface area contributed by atoms with Crippen LogP contribution in [0.5, 0.6) is 23.0 Å². The molecule has 4 aromatic rings. The number of carbonyl (C=O) groups excluding carboxylic acids is 4. The van der Waals surface area contributed by atoms with E-state index in [0.717, 1.165) is 18.4 Å². The standard InChI is InChI=1S/C47H52O13/c1-6-7-42(55-28-46(4)26-52-27-46)59-38-15-8-33(9-16-38)10-23-41(48)58-37-19-13-34(14-20-37)43(49)57-32(3)25-53-45(51)40-22-21-39(24-31(40)2)60-44(50)35-11-17-36(18-12-35)54-29-47(5)30-56-47/h8-9,11-22,24,32,42H,6-7,10,23,25-30H2,1-5H3. The van der Waals surface area contributed by atoms with Crippen LogP contribution in [0.2, 0.25) is 0 Å². The zero-order valence-corrected chi connectivity index (χ0v) is 34.7. The predicted molar refractivity (Wildman–Crippen MR) is 219 cm³/mol. The molecule has 0 spiro atoms. The van der Waals surface area contributed by atoms with E-state index in [-0.39, 0.29) is 53.0 Å². The largest absolute Gasteiger partial charge is 0.491 e. The van der Waals surface area contributed by atoms with E-state index in [1.54, 1.807) is 44.2 Å². The van der Waals surface area contributed by atoms with Gasteiger partial charge in [-0.2, -0.15) is 0 Å². The van der Waals surface area contributed by atoms with Crippen LogP contribution in [0, 0.1) is 12.3 Å². The van der Waals surface area contributed by atoms with Gasteiger partial charge in [-0.1, -0.05) is 32.4 Å². The van der Waals surface area contributed by atoms with Crippen molar-refractivity contribution in [1.29, 1.82) is 0 Å². The summed E-state index contributed by atoms with van der Waals surface area (Å²) in [5.74, 6) is -0.378. The molecular weight excluding hydrogens is 773 g/mol. The first kappa shape index (κ1) is 43.8. The highest BCUT2D eigenvalue weighted by Gasteiger charge is 2.40. The highest BCUT2D eigenvalue weighted by molar-refractivity contribution is 5.93. The predicted octanol–water partition coefficient (Wildman–Crippen LogP) is 7.88. The van der Waals surface area contributed by atoms with E-state index in [1.165, 1.54) is 36.4 Å². The van der Waals surface area contributed by atoms with Gasteiger partial charge in [0.15, 0.2) is 6.29 Å². The van der Waals surface area contributed by atoms with Crippen molar-refractivity contribution < 1.29 is 61.8 Å². The number of epoxide rings is 1. The Morgan fingerprint density at radius 3 is 1.98 bits per heavy atom. The van der Waals surface area contributed by atoms with Gasteiger partial charge in [0.1, 0.15) is 47.9 Å². The molecular formula is C47H52O13. The van der Waals surface area contributed by atoms with Gasteiger partial charge in [-0.15, -0.1) is 0 Å². The summed E-state index contributed by atoms with van der Waals surface area (Å²) in [4.78, 5) is 51.0. The Morgan fingerprint density at radius 1 is 0.733 bits per heavy atom. The molecule has 60 heavy (non-hydrogen) atoms. The maximum atomic E-state index is 12.9. The number of benzene rings is 4. The van der Waals surface area contributed by atoms with Gasteiger partial charge in [-0.05, 0) is 117 Å². The summed E-state index contributed by atoms with van der Waals surface area (Å²) in [5, 5.41) is 0. The summed E-state index contributed by atoms with van der Waals surface area (Å²) in [6, 6.07) is 24.8. The van der Waals surface area contributed by atoms with E-state index in [0.29, 0.717) is 62.1 Å². The fraction of sp³-hybridized carbons (Fsp3) is 0.404. The summed E-state index contributed by atoms with van der Waals surface area (Å²) in [6.45, 7) is 12.3. The third-order valence-corrected chi connectivity index (χ3v) is 9.83. The molecule has 2 aliphatic rings. The van der Waals surface area contributed by atoms with Gasteiger partial charge >= 0.3 is 23.9 Å². The van der Waals surface area contributed by atoms with Gasteiger partial charge in [-0.25, -0.2) is 14.4 Å². The molecule has 3 atom stereocenters. The first-order valence-corrected chi connectivity index (χ1v) is 20.1. The van der Waals surface area contributed by atoms with E-state index in [9.17, 15) is 19.2 Å². The molecule has 0 bridgehead atoms. The van der Waals surface area contributed by atoms with Crippen molar-refractivity contribution in [3.63, 3.8) is 0 Å². The zero-order chi connectivity index (χ0) is 42.7. The minimum atomic E-state index is -0.760. The topological polar surface area (TPSA) is 155 Å². The Labute approximate surface area is 350 Å². The van der Waals surface area contributed by atoms with Crippen molar-refractivity contribution in [3.8, 4) is 23.0 Å². The molecule has 0 amide bonds. The van der Waals surface area contributed by atoms with E-state index < -0.39 is 30.0 Å². The van der Waals surface area contributed by atoms with Crippen LogP contribution in [0.15, 0.2) is 91.0 Å². The summed E-state index contributed by atoms with van der Waals surface area (Å²) in [7, 11) is 0. The third-order valence-electron chi connectivity index (χ3n) is 9.83. The fourth-order valence-electron chi connectivity index (χ4n) is 5.99. The average Bonchev–Trinajstić information content (AvgIpc) is 3.97. The molecule has 0 aliphatic carbocycles. The molecule has 0 radical (unpaired) electrons. The van der Waals surface area contributed by atoms with Crippen LogP contribution in [0.4, 0.5) is 0 Å². The highest BCUT2D eigenvalue weighted by atomic mass is 16.7. The first-order chi connectivity index (χ1) is 28.8. The SMILES string of the molecule is CCCC(OCC1(C)COC1)Oc1ccc(CCC(=O)Oc2ccc(C(=O)OC(C)COC(=O)c3ccc(OC(=O)c4ccc(OCC5(C)CO5)cc4)cc3C)cc2)cc1. The minimum Gasteiger partial charge on any atom is -0.491 e.